The number of aryl methyl sites for hydroxylation is 1. The molecule has 0 radical (unpaired) electrons. The van der Waals surface area contributed by atoms with Gasteiger partial charge >= 0.3 is 6.18 Å². The molecule has 1 atom stereocenters. The zero-order chi connectivity index (χ0) is 14.8. The van der Waals surface area contributed by atoms with Gasteiger partial charge in [-0.25, -0.2) is 4.98 Å². The fourth-order valence-electron chi connectivity index (χ4n) is 2.06. The van der Waals surface area contributed by atoms with Crippen LogP contribution in [0.25, 0.3) is 11.1 Å². The summed E-state index contributed by atoms with van der Waals surface area (Å²) in [6.07, 6.45) is -1.98. The Labute approximate surface area is 115 Å². The Morgan fingerprint density at radius 3 is 2.70 bits per heavy atom. The molecule has 1 aromatic heterocycles. The van der Waals surface area contributed by atoms with E-state index in [4.69, 9.17) is 10.2 Å². The second-order valence-electron chi connectivity index (χ2n) is 5.01. The van der Waals surface area contributed by atoms with Gasteiger partial charge in [-0.1, -0.05) is 6.92 Å². The Bertz CT molecular complexity index is 577. The van der Waals surface area contributed by atoms with Crippen LogP contribution in [0.3, 0.4) is 0 Å². The zero-order valence-electron chi connectivity index (χ0n) is 11.2. The van der Waals surface area contributed by atoms with Crippen LogP contribution in [0, 0.1) is 5.92 Å². The van der Waals surface area contributed by atoms with Gasteiger partial charge in [0.1, 0.15) is 5.52 Å². The molecular weight excluding hydrogens is 269 g/mol. The largest absolute Gasteiger partial charge is 0.441 e. The maximum Gasteiger partial charge on any atom is 0.416 e. The number of benzene rings is 1. The minimum atomic E-state index is -4.36. The Morgan fingerprint density at radius 2 is 2.05 bits per heavy atom. The predicted molar refractivity (Wildman–Crippen MR) is 70.2 cm³/mol. The fourth-order valence-corrected chi connectivity index (χ4v) is 2.06. The third-order valence-corrected chi connectivity index (χ3v) is 3.27. The highest BCUT2D eigenvalue weighted by atomic mass is 19.4. The molecule has 20 heavy (non-hydrogen) atoms. The van der Waals surface area contributed by atoms with Gasteiger partial charge in [-0.15, -0.1) is 0 Å². The Balaban J connectivity index is 2.13. The molecule has 0 spiro atoms. The van der Waals surface area contributed by atoms with E-state index in [1.165, 1.54) is 6.07 Å². The van der Waals surface area contributed by atoms with E-state index >= 15 is 0 Å². The monoisotopic (exact) mass is 286 g/mol. The van der Waals surface area contributed by atoms with E-state index in [1.54, 1.807) is 0 Å². The quantitative estimate of drug-likeness (QED) is 0.910. The Kier molecular flexibility index (Phi) is 4.32. The summed E-state index contributed by atoms with van der Waals surface area (Å²) in [5.74, 6) is 0.920. The number of rotatable bonds is 5. The van der Waals surface area contributed by atoms with Crippen LogP contribution in [-0.2, 0) is 12.6 Å². The summed E-state index contributed by atoms with van der Waals surface area (Å²) in [4.78, 5) is 4.12. The molecule has 0 amide bonds. The van der Waals surface area contributed by atoms with E-state index < -0.39 is 11.7 Å². The van der Waals surface area contributed by atoms with Crippen molar-refractivity contribution in [2.24, 2.45) is 11.7 Å². The molecule has 110 valence electrons. The first-order chi connectivity index (χ1) is 9.40. The summed E-state index contributed by atoms with van der Waals surface area (Å²) in [7, 11) is 0. The van der Waals surface area contributed by atoms with Crippen LogP contribution < -0.4 is 5.73 Å². The number of aromatic nitrogens is 1. The van der Waals surface area contributed by atoms with Gasteiger partial charge in [0.25, 0.3) is 0 Å². The summed E-state index contributed by atoms with van der Waals surface area (Å²) in [6.45, 7) is 2.71. The van der Waals surface area contributed by atoms with Gasteiger partial charge in [0, 0.05) is 6.42 Å². The SMILES string of the molecule is CC(CCN)CCc1nc2cc(C(F)(F)F)ccc2o1. The predicted octanol–water partition coefficient (Wildman–Crippen LogP) is 3.76. The summed E-state index contributed by atoms with van der Waals surface area (Å²) < 4.78 is 43.2. The highest BCUT2D eigenvalue weighted by molar-refractivity contribution is 5.73. The molecule has 0 saturated heterocycles. The number of alkyl halides is 3. The molecule has 0 aliphatic carbocycles. The first-order valence-electron chi connectivity index (χ1n) is 6.57. The molecule has 2 N–H and O–H groups in total. The van der Waals surface area contributed by atoms with Crippen LogP contribution in [0.5, 0.6) is 0 Å². The lowest BCUT2D eigenvalue weighted by Gasteiger charge is -2.06. The van der Waals surface area contributed by atoms with Gasteiger partial charge in [-0.2, -0.15) is 13.2 Å². The van der Waals surface area contributed by atoms with Crippen LogP contribution in [0.15, 0.2) is 22.6 Å². The Hall–Kier alpha value is -1.56. The summed E-state index contributed by atoms with van der Waals surface area (Å²) in [6, 6.07) is 3.35. The third kappa shape index (κ3) is 3.50. The lowest BCUT2D eigenvalue weighted by Crippen LogP contribution is -2.06. The van der Waals surface area contributed by atoms with E-state index in [9.17, 15) is 13.2 Å². The van der Waals surface area contributed by atoms with E-state index in [0.717, 1.165) is 25.0 Å². The first kappa shape index (κ1) is 14.8. The highest BCUT2D eigenvalue weighted by Crippen LogP contribution is 2.31. The average Bonchev–Trinajstić information content (AvgIpc) is 2.77. The van der Waals surface area contributed by atoms with Crippen molar-refractivity contribution in [1.29, 1.82) is 0 Å². The van der Waals surface area contributed by atoms with Crippen LogP contribution >= 0.6 is 0 Å². The summed E-state index contributed by atoms with van der Waals surface area (Å²) >= 11 is 0. The van der Waals surface area contributed by atoms with Crippen molar-refractivity contribution < 1.29 is 17.6 Å². The molecule has 3 nitrogen and oxygen atoms in total. The number of hydrogen-bond acceptors (Lipinski definition) is 3. The zero-order valence-corrected chi connectivity index (χ0v) is 11.2. The van der Waals surface area contributed by atoms with E-state index in [-0.39, 0.29) is 5.52 Å². The van der Waals surface area contributed by atoms with Crippen LogP contribution in [0.4, 0.5) is 13.2 Å². The lowest BCUT2D eigenvalue weighted by molar-refractivity contribution is -0.137. The number of nitrogens with two attached hydrogens (primary N) is 1. The van der Waals surface area contributed by atoms with Crippen molar-refractivity contribution in [2.75, 3.05) is 6.54 Å². The number of fused-ring (bicyclic) bond motifs is 1. The molecule has 0 saturated carbocycles. The maximum atomic E-state index is 12.6. The molecule has 0 bridgehead atoms. The molecule has 2 aromatic rings. The van der Waals surface area contributed by atoms with Gasteiger partial charge in [-0.05, 0) is 43.5 Å². The molecule has 1 unspecified atom stereocenters. The highest BCUT2D eigenvalue weighted by Gasteiger charge is 2.31. The molecule has 1 heterocycles. The minimum Gasteiger partial charge on any atom is -0.441 e. The normalized spacial score (nSPS) is 13.8. The molecule has 0 fully saturated rings. The molecule has 0 aliphatic rings. The average molecular weight is 286 g/mol. The molecule has 1 aromatic carbocycles. The van der Waals surface area contributed by atoms with Crippen molar-refractivity contribution in [3.05, 3.63) is 29.7 Å². The van der Waals surface area contributed by atoms with Crippen LogP contribution in [0.2, 0.25) is 0 Å². The van der Waals surface area contributed by atoms with E-state index in [0.29, 0.717) is 30.4 Å². The molecule has 2 rings (SSSR count). The molecular formula is C14H17F3N2O. The van der Waals surface area contributed by atoms with Gasteiger partial charge in [-0.3, -0.25) is 0 Å². The first-order valence-corrected chi connectivity index (χ1v) is 6.57. The van der Waals surface area contributed by atoms with Crippen molar-refractivity contribution in [3.8, 4) is 0 Å². The smallest absolute Gasteiger partial charge is 0.416 e. The second-order valence-corrected chi connectivity index (χ2v) is 5.01. The standard InChI is InChI=1S/C14H17F3N2O/c1-9(6-7-18)2-5-13-19-11-8-10(14(15,16)17)3-4-12(11)20-13/h3-4,8-9H,2,5-7,18H2,1H3. The van der Waals surface area contributed by atoms with Gasteiger partial charge in [0.2, 0.25) is 0 Å². The number of nitrogens with zero attached hydrogens (tertiary/aromatic N) is 1. The Morgan fingerprint density at radius 1 is 1.30 bits per heavy atom. The van der Waals surface area contributed by atoms with Gasteiger partial charge < -0.3 is 10.2 Å². The maximum absolute atomic E-state index is 12.6. The van der Waals surface area contributed by atoms with E-state index in [1.807, 2.05) is 0 Å². The minimum absolute atomic E-state index is 0.251. The summed E-state index contributed by atoms with van der Waals surface area (Å²) in [5, 5.41) is 0. The van der Waals surface area contributed by atoms with Crippen LogP contribution in [-0.4, -0.2) is 11.5 Å². The number of oxazole rings is 1. The number of hydrogen-bond donors (Lipinski definition) is 1. The van der Waals surface area contributed by atoms with Crippen molar-refractivity contribution >= 4 is 11.1 Å². The van der Waals surface area contributed by atoms with Crippen molar-refractivity contribution in [3.63, 3.8) is 0 Å². The molecule has 6 heteroatoms. The van der Waals surface area contributed by atoms with Gasteiger partial charge in [0.15, 0.2) is 11.5 Å². The lowest BCUT2D eigenvalue weighted by atomic mass is 10.0. The van der Waals surface area contributed by atoms with Crippen LogP contribution in [0.1, 0.15) is 31.2 Å². The number of halogens is 3. The second kappa shape index (κ2) is 5.83. The van der Waals surface area contributed by atoms with Crippen molar-refractivity contribution in [1.82, 2.24) is 4.98 Å². The topological polar surface area (TPSA) is 52.0 Å². The third-order valence-electron chi connectivity index (χ3n) is 3.27. The fraction of sp³-hybridized carbons (Fsp3) is 0.500. The van der Waals surface area contributed by atoms with E-state index in [2.05, 4.69) is 11.9 Å². The van der Waals surface area contributed by atoms with Crippen molar-refractivity contribution in [2.45, 2.75) is 32.4 Å². The summed E-state index contributed by atoms with van der Waals surface area (Å²) in [5.41, 5.74) is 5.40. The molecule has 0 aliphatic heterocycles. The van der Waals surface area contributed by atoms with Gasteiger partial charge in [0.05, 0.1) is 5.56 Å².